The Hall–Kier alpha value is -1.79. The molecule has 7 nitrogen and oxygen atoms in total. The number of nitrogens with one attached hydrogen (secondary N) is 1. The minimum Gasteiger partial charge on any atom is -0.481 e. The predicted octanol–water partition coefficient (Wildman–Crippen LogP) is 0.444. The first-order chi connectivity index (χ1) is 8.97. The van der Waals surface area contributed by atoms with Crippen molar-refractivity contribution in [2.75, 3.05) is 19.7 Å². The van der Waals surface area contributed by atoms with Crippen molar-refractivity contribution >= 4 is 18.0 Å². The number of ether oxygens (including phenoxy) is 1. The van der Waals surface area contributed by atoms with Gasteiger partial charge < -0.3 is 20.1 Å². The average Bonchev–Trinajstić information content (AvgIpc) is 2.37. The highest BCUT2D eigenvalue weighted by molar-refractivity contribution is 5.78. The first-order valence-electron chi connectivity index (χ1n) is 6.41. The Kier molecular flexibility index (Phi) is 5.59. The van der Waals surface area contributed by atoms with Crippen LogP contribution in [0, 0.1) is 5.92 Å². The molecule has 1 rings (SSSR count). The van der Waals surface area contributed by atoms with Crippen molar-refractivity contribution in [2.24, 2.45) is 5.92 Å². The standard InChI is InChI=1S/C12H20N2O5/c1-3-10(15)14-6-8(11(16)17)5-9(7-14)13-12(18)19-4-2/h8-9H,3-7H2,1-2H3,(H,13,18)(H,16,17). The summed E-state index contributed by atoms with van der Waals surface area (Å²) >= 11 is 0. The smallest absolute Gasteiger partial charge is 0.407 e. The van der Waals surface area contributed by atoms with Crippen molar-refractivity contribution in [1.29, 1.82) is 0 Å². The van der Waals surface area contributed by atoms with Crippen LogP contribution < -0.4 is 5.32 Å². The van der Waals surface area contributed by atoms with E-state index in [0.29, 0.717) is 19.4 Å². The molecule has 1 saturated heterocycles. The second-order valence-corrected chi connectivity index (χ2v) is 4.48. The first kappa shape index (κ1) is 15.3. The fourth-order valence-corrected chi connectivity index (χ4v) is 2.15. The molecule has 108 valence electrons. The molecule has 2 unspecified atom stereocenters. The quantitative estimate of drug-likeness (QED) is 0.774. The third-order valence-corrected chi connectivity index (χ3v) is 3.05. The molecule has 1 fully saturated rings. The van der Waals surface area contributed by atoms with Crippen LogP contribution in [0.3, 0.4) is 0 Å². The summed E-state index contributed by atoms with van der Waals surface area (Å²) in [6.45, 7) is 4.19. The van der Waals surface area contributed by atoms with Gasteiger partial charge in [0.15, 0.2) is 0 Å². The van der Waals surface area contributed by atoms with Crippen molar-refractivity contribution in [3.63, 3.8) is 0 Å². The molecule has 7 heteroatoms. The summed E-state index contributed by atoms with van der Waals surface area (Å²) in [5.74, 6) is -1.72. The van der Waals surface area contributed by atoms with E-state index in [0.717, 1.165) is 0 Å². The van der Waals surface area contributed by atoms with Crippen LogP contribution >= 0.6 is 0 Å². The monoisotopic (exact) mass is 272 g/mol. The summed E-state index contributed by atoms with van der Waals surface area (Å²) in [6, 6.07) is -0.385. The third kappa shape index (κ3) is 4.42. The van der Waals surface area contributed by atoms with E-state index in [4.69, 9.17) is 9.84 Å². The third-order valence-electron chi connectivity index (χ3n) is 3.05. The van der Waals surface area contributed by atoms with Crippen LogP contribution in [-0.4, -0.2) is 53.7 Å². The number of hydrogen-bond acceptors (Lipinski definition) is 4. The number of alkyl carbamates (subject to hydrolysis) is 1. The molecule has 2 atom stereocenters. The minimum absolute atomic E-state index is 0.110. The van der Waals surface area contributed by atoms with Gasteiger partial charge in [0.05, 0.1) is 18.6 Å². The Morgan fingerprint density at radius 3 is 2.53 bits per heavy atom. The van der Waals surface area contributed by atoms with Crippen molar-refractivity contribution in [2.45, 2.75) is 32.7 Å². The number of rotatable bonds is 4. The summed E-state index contributed by atoms with van der Waals surface area (Å²) in [7, 11) is 0. The van der Waals surface area contributed by atoms with Gasteiger partial charge in [-0.1, -0.05) is 6.92 Å². The van der Waals surface area contributed by atoms with E-state index >= 15 is 0 Å². The number of carbonyl (C=O) groups is 3. The van der Waals surface area contributed by atoms with Gasteiger partial charge in [-0.2, -0.15) is 0 Å². The van der Waals surface area contributed by atoms with Crippen molar-refractivity contribution in [1.82, 2.24) is 10.2 Å². The first-order valence-corrected chi connectivity index (χ1v) is 6.41. The number of piperidine rings is 1. The molecule has 0 aliphatic carbocycles. The lowest BCUT2D eigenvalue weighted by molar-refractivity contribution is -0.146. The van der Waals surface area contributed by atoms with Gasteiger partial charge in [-0.15, -0.1) is 0 Å². The molecule has 0 aromatic rings. The SMILES string of the molecule is CCOC(=O)NC1CC(C(=O)O)CN(C(=O)CC)C1. The summed E-state index contributed by atoms with van der Waals surface area (Å²) in [4.78, 5) is 35.6. The topological polar surface area (TPSA) is 95.9 Å². The van der Waals surface area contributed by atoms with Crippen molar-refractivity contribution in [3.8, 4) is 0 Å². The number of likely N-dealkylation sites (tertiary alicyclic amines) is 1. The molecule has 1 aliphatic rings. The highest BCUT2D eigenvalue weighted by Crippen LogP contribution is 2.18. The number of aliphatic carboxylic acids is 1. The Labute approximate surface area is 111 Å². The van der Waals surface area contributed by atoms with Gasteiger partial charge in [0.1, 0.15) is 0 Å². The van der Waals surface area contributed by atoms with Gasteiger partial charge in [-0.3, -0.25) is 9.59 Å². The number of carboxylic acids is 1. The predicted molar refractivity (Wildman–Crippen MR) is 66.6 cm³/mol. The molecule has 1 aliphatic heterocycles. The Morgan fingerprint density at radius 1 is 1.32 bits per heavy atom. The van der Waals surface area contributed by atoms with E-state index in [1.807, 2.05) is 0 Å². The molecule has 0 bridgehead atoms. The zero-order valence-corrected chi connectivity index (χ0v) is 11.2. The van der Waals surface area contributed by atoms with E-state index in [1.165, 1.54) is 4.90 Å². The van der Waals surface area contributed by atoms with Gasteiger partial charge in [0.25, 0.3) is 0 Å². The van der Waals surface area contributed by atoms with Crippen LogP contribution in [0.15, 0.2) is 0 Å². The highest BCUT2D eigenvalue weighted by Gasteiger charge is 2.34. The molecular weight excluding hydrogens is 252 g/mol. The van der Waals surface area contributed by atoms with Crippen LogP contribution in [0.1, 0.15) is 26.7 Å². The molecule has 1 heterocycles. The lowest BCUT2D eigenvalue weighted by Crippen LogP contribution is -2.54. The van der Waals surface area contributed by atoms with E-state index in [-0.39, 0.29) is 25.1 Å². The van der Waals surface area contributed by atoms with Gasteiger partial charge in [-0.25, -0.2) is 4.79 Å². The Balaban J connectivity index is 2.67. The lowest BCUT2D eigenvalue weighted by atomic mass is 9.94. The van der Waals surface area contributed by atoms with Gasteiger partial charge in [0.2, 0.25) is 5.91 Å². The van der Waals surface area contributed by atoms with Crippen molar-refractivity contribution in [3.05, 3.63) is 0 Å². The van der Waals surface area contributed by atoms with Gasteiger partial charge in [0, 0.05) is 19.5 Å². The molecular formula is C12H20N2O5. The second kappa shape index (κ2) is 6.96. The Bertz CT molecular complexity index is 358. The van der Waals surface area contributed by atoms with E-state index < -0.39 is 18.0 Å². The lowest BCUT2D eigenvalue weighted by Gasteiger charge is -2.36. The largest absolute Gasteiger partial charge is 0.481 e. The molecule has 0 aromatic carbocycles. The molecule has 0 aromatic heterocycles. The zero-order valence-electron chi connectivity index (χ0n) is 11.2. The fraction of sp³-hybridized carbons (Fsp3) is 0.750. The molecule has 0 saturated carbocycles. The van der Waals surface area contributed by atoms with Gasteiger partial charge >= 0.3 is 12.1 Å². The van der Waals surface area contributed by atoms with Crippen LogP contribution in [0.5, 0.6) is 0 Å². The van der Waals surface area contributed by atoms with Crippen LogP contribution in [0.4, 0.5) is 4.79 Å². The summed E-state index contributed by atoms with van der Waals surface area (Å²) in [5, 5.41) is 11.7. The normalized spacial score (nSPS) is 22.7. The maximum atomic E-state index is 11.7. The van der Waals surface area contributed by atoms with Crippen molar-refractivity contribution < 1.29 is 24.2 Å². The van der Waals surface area contributed by atoms with E-state index in [1.54, 1.807) is 13.8 Å². The zero-order chi connectivity index (χ0) is 14.4. The maximum Gasteiger partial charge on any atom is 0.407 e. The number of amides is 2. The molecule has 2 amide bonds. The number of carbonyl (C=O) groups excluding carboxylic acids is 2. The highest BCUT2D eigenvalue weighted by atomic mass is 16.5. The molecule has 2 N–H and O–H groups in total. The summed E-state index contributed by atoms with van der Waals surface area (Å²) < 4.78 is 4.76. The maximum absolute atomic E-state index is 11.7. The van der Waals surface area contributed by atoms with Crippen LogP contribution in [0.2, 0.25) is 0 Å². The molecule has 19 heavy (non-hydrogen) atoms. The molecule has 0 radical (unpaired) electrons. The Morgan fingerprint density at radius 2 is 2.00 bits per heavy atom. The fourth-order valence-electron chi connectivity index (χ4n) is 2.15. The number of hydrogen-bond donors (Lipinski definition) is 2. The van der Waals surface area contributed by atoms with E-state index in [2.05, 4.69) is 5.32 Å². The van der Waals surface area contributed by atoms with Gasteiger partial charge in [-0.05, 0) is 13.3 Å². The van der Waals surface area contributed by atoms with Crippen LogP contribution in [-0.2, 0) is 14.3 Å². The minimum atomic E-state index is -0.954. The summed E-state index contributed by atoms with van der Waals surface area (Å²) in [6.07, 6.45) is 0.0440. The van der Waals surface area contributed by atoms with Crippen LogP contribution in [0.25, 0.3) is 0 Å². The molecule has 0 spiro atoms. The second-order valence-electron chi connectivity index (χ2n) is 4.48. The summed E-state index contributed by atoms with van der Waals surface area (Å²) in [5.41, 5.74) is 0. The number of carboxylic acid groups (broad SMARTS) is 1. The van der Waals surface area contributed by atoms with E-state index in [9.17, 15) is 14.4 Å². The number of nitrogens with zero attached hydrogens (tertiary/aromatic N) is 1. The average molecular weight is 272 g/mol.